The van der Waals surface area contributed by atoms with Crippen LogP contribution in [0.5, 0.6) is 0 Å². The molecule has 4 atom stereocenters. The zero-order valence-electron chi connectivity index (χ0n) is 21.7. The van der Waals surface area contributed by atoms with Crippen molar-refractivity contribution in [2.24, 2.45) is 17.8 Å². The number of carboxylic acid groups (broad SMARTS) is 2. The Balaban J connectivity index is 1.41. The molecule has 1 aliphatic rings. The summed E-state index contributed by atoms with van der Waals surface area (Å²) >= 11 is 0. The van der Waals surface area contributed by atoms with Crippen molar-refractivity contribution in [3.8, 4) is 0 Å². The first-order chi connectivity index (χ1) is 19.2. The van der Waals surface area contributed by atoms with Crippen LogP contribution in [0.1, 0.15) is 24.8 Å². The van der Waals surface area contributed by atoms with Crippen LogP contribution in [0.25, 0.3) is 10.8 Å². The zero-order valence-corrected chi connectivity index (χ0v) is 21.7. The van der Waals surface area contributed by atoms with E-state index in [1.807, 2.05) is 42.5 Å². The van der Waals surface area contributed by atoms with Crippen LogP contribution in [0, 0.1) is 17.8 Å². The van der Waals surface area contributed by atoms with Gasteiger partial charge in [0.15, 0.2) is 0 Å². The van der Waals surface area contributed by atoms with E-state index in [2.05, 4.69) is 16.0 Å². The van der Waals surface area contributed by atoms with Gasteiger partial charge in [-0.3, -0.25) is 24.0 Å². The molecule has 3 amide bonds. The molecule has 0 aromatic heterocycles. The maximum atomic E-state index is 13.2. The minimum atomic E-state index is -1.15. The maximum absolute atomic E-state index is 13.2. The van der Waals surface area contributed by atoms with Crippen molar-refractivity contribution in [1.29, 1.82) is 0 Å². The Labute approximate surface area is 230 Å². The molecule has 4 rings (SSSR count). The van der Waals surface area contributed by atoms with Crippen molar-refractivity contribution in [2.75, 3.05) is 11.9 Å². The van der Waals surface area contributed by atoms with E-state index in [1.165, 1.54) is 0 Å². The quantitative estimate of drug-likeness (QED) is 0.262. The first-order valence-corrected chi connectivity index (χ1v) is 13.1. The van der Waals surface area contributed by atoms with Gasteiger partial charge in [0.25, 0.3) is 0 Å². The molecule has 3 aromatic carbocycles. The van der Waals surface area contributed by atoms with Gasteiger partial charge in [-0.25, -0.2) is 0 Å². The van der Waals surface area contributed by atoms with Crippen LogP contribution >= 0.6 is 0 Å². The largest absolute Gasteiger partial charge is 0.481 e. The molecule has 0 heterocycles. The molecule has 5 N–H and O–H groups in total. The van der Waals surface area contributed by atoms with Gasteiger partial charge < -0.3 is 26.2 Å². The standard InChI is InChI=1S/C30H31N3O7/c34-26(32-24-11-10-19-8-4-5-9-20(19)16-24)17-31-28(36)25(12-18-6-2-1-3-7-18)33-27(35)21-13-22(29(37)38)15-23(14-21)30(39)40/h1-11,16,21-23,25H,12-15,17H2,(H,31,36)(H,32,34)(H,33,35)(H,37,38)(H,39,40)/t21-,22+,23-,25-/m0/s1. The van der Waals surface area contributed by atoms with Gasteiger partial charge in [0.1, 0.15) is 6.04 Å². The third kappa shape index (κ3) is 7.43. The molecule has 0 saturated heterocycles. The second-order valence-electron chi connectivity index (χ2n) is 10.1. The Bertz CT molecular complexity index is 1390. The van der Waals surface area contributed by atoms with E-state index in [-0.39, 0.29) is 32.2 Å². The Kier molecular flexibility index (Phi) is 9.11. The molecule has 0 aliphatic heterocycles. The Morgan fingerprint density at radius 3 is 2.00 bits per heavy atom. The number of amides is 3. The van der Waals surface area contributed by atoms with E-state index in [4.69, 9.17) is 0 Å². The van der Waals surface area contributed by atoms with Crippen LogP contribution in [-0.4, -0.2) is 52.5 Å². The molecule has 3 aromatic rings. The molecule has 208 valence electrons. The van der Waals surface area contributed by atoms with E-state index in [0.717, 1.165) is 16.3 Å². The van der Waals surface area contributed by atoms with Crippen LogP contribution in [0.2, 0.25) is 0 Å². The summed E-state index contributed by atoms with van der Waals surface area (Å²) in [6, 6.07) is 21.1. The molecule has 0 spiro atoms. The fourth-order valence-corrected chi connectivity index (χ4v) is 5.05. The Morgan fingerprint density at radius 1 is 0.750 bits per heavy atom. The van der Waals surface area contributed by atoms with Crippen molar-refractivity contribution in [2.45, 2.75) is 31.7 Å². The lowest BCUT2D eigenvalue weighted by molar-refractivity contribution is -0.150. The summed E-state index contributed by atoms with van der Waals surface area (Å²) < 4.78 is 0. The van der Waals surface area contributed by atoms with E-state index in [1.54, 1.807) is 30.3 Å². The number of carbonyl (C=O) groups excluding carboxylic acids is 3. The number of carboxylic acids is 2. The SMILES string of the molecule is O=C(CNC(=O)[C@H](Cc1ccccc1)NC(=O)[C@@H]1C[C@H](C(=O)O)C[C@H](C(=O)O)C1)Nc1ccc2ccccc2c1. The number of benzene rings is 3. The summed E-state index contributed by atoms with van der Waals surface area (Å²) in [6.07, 6.45) is 0.0500. The number of aliphatic carboxylic acids is 2. The van der Waals surface area contributed by atoms with Crippen molar-refractivity contribution < 1.29 is 34.2 Å². The van der Waals surface area contributed by atoms with Crippen LogP contribution in [0.3, 0.4) is 0 Å². The lowest BCUT2D eigenvalue weighted by Gasteiger charge is -2.31. The molecule has 0 bridgehead atoms. The van der Waals surface area contributed by atoms with Gasteiger partial charge in [0.05, 0.1) is 18.4 Å². The van der Waals surface area contributed by atoms with Gasteiger partial charge in [0, 0.05) is 18.0 Å². The average Bonchev–Trinajstić information content (AvgIpc) is 2.95. The predicted octanol–water partition coefficient (Wildman–Crippen LogP) is 2.82. The molecule has 10 heteroatoms. The van der Waals surface area contributed by atoms with E-state index in [0.29, 0.717) is 5.69 Å². The normalized spacial score (nSPS) is 19.2. The summed E-state index contributed by atoms with van der Waals surface area (Å²) in [5.74, 6) is -6.75. The van der Waals surface area contributed by atoms with Crippen molar-refractivity contribution >= 4 is 46.1 Å². The third-order valence-electron chi connectivity index (χ3n) is 7.15. The van der Waals surface area contributed by atoms with Crippen LogP contribution in [0.15, 0.2) is 72.8 Å². The number of rotatable bonds is 10. The minimum absolute atomic E-state index is 0.0151. The molecule has 10 nitrogen and oxygen atoms in total. The van der Waals surface area contributed by atoms with Crippen LogP contribution in [-0.2, 0) is 30.4 Å². The zero-order chi connectivity index (χ0) is 28.6. The topological polar surface area (TPSA) is 162 Å². The highest BCUT2D eigenvalue weighted by molar-refractivity contribution is 5.98. The lowest BCUT2D eigenvalue weighted by Crippen LogP contribution is -2.52. The monoisotopic (exact) mass is 545 g/mol. The number of fused-ring (bicyclic) bond motifs is 1. The number of carbonyl (C=O) groups is 5. The number of nitrogens with one attached hydrogen (secondary N) is 3. The third-order valence-corrected chi connectivity index (χ3v) is 7.15. The summed E-state index contributed by atoms with van der Waals surface area (Å²) in [7, 11) is 0. The molecule has 1 fully saturated rings. The fourth-order valence-electron chi connectivity index (χ4n) is 5.05. The number of hydrogen-bond donors (Lipinski definition) is 5. The van der Waals surface area contributed by atoms with E-state index in [9.17, 15) is 34.2 Å². The van der Waals surface area contributed by atoms with Gasteiger partial charge in [-0.2, -0.15) is 0 Å². The van der Waals surface area contributed by atoms with Gasteiger partial charge in [-0.1, -0.05) is 60.7 Å². The maximum Gasteiger partial charge on any atom is 0.306 e. The predicted molar refractivity (Wildman–Crippen MR) is 147 cm³/mol. The minimum Gasteiger partial charge on any atom is -0.481 e. The van der Waals surface area contributed by atoms with Crippen LogP contribution in [0.4, 0.5) is 5.69 Å². The molecule has 1 saturated carbocycles. The second-order valence-corrected chi connectivity index (χ2v) is 10.1. The molecule has 40 heavy (non-hydrogen) atoms. The number of hydrogen-bond acceptors (Lipinski definition) is 5. The molecule has 0 radical (unpaired) electrons. The van der Waals surface area contributed by atoms with Gasteiger partial charge in [0.2, 0.25) is 17.7 Å². The molecule has 0 unspecified atom stereocenters. The second kappa shape index (κ2) is 12.9. The fraction of sp³-hybridized carbons (Fsp3) is 0.300. The average molecular weight is 546 g/mol. The summed E-state index contributed by atoms with van der Waals surface area (Å²) in [6.45, 7) is -0.335. The van der Waals surface area contributed by atoms with Gasteiger partial charge in [-0.05, 0) is 47.7 Å². The van der Waals surface area contributed by atoms with Gasteiger partial charge >= 0.3 is 11.9 Å². The van der Waals surface area contributed by atoms with E-state index < -0.39 is 53.5 Å². The highest BCUT2D eigenvalue weighted by atomic mass is 16.4. The summed E-state index contributed by atoms with van der Waals surface area (Å²) in [5.41, 5.74) is 1.34. The van der Waals surface area contributed by atoms with Crippen molar-refractivity contribution in [3.05, 3.63) is 78.4 Å². The summed E-state index contributed by atoms with van der Waals surface area (Å²) in [5, 5.41) is 28.9. The smallest absolute Gasteiger partial charge is 0.306 e. The van der Waals surface area contributed by atoms with Crippen molar-refractivity contribution in [3.63, 3.8) is 0 Å². The van der Waals surface area contributed by atoms with Crippen LogP contribution < -0.4 is 16.0 Å². The van der Waals surface area contributed by atoms with Crippen molar-refractivity contribution in [1.82, 2.24) is 10.6 Å². The highest BCUT2D eigenvalue weighted by Gasteiger charge is 2.40. The summed E-state index contributed by atoms with van der Waals surface area (Å²) in [4.78, 5) is 62.1. The number of anilines is 1. The van der Waals surface area contributed by atoms with E-state index >= 15 is 0 Å². The first-order valence-electron chi connectivity index (χ1n) is 13.1. The Morgan fingerprint density at radius 2 is 1.35 bits per heavy atom. The lowest BCUT2D eigenvalue weighted by atomic mass is 9.74. The first kappa shape index (κ1) is 28.3. The van der Waals surface area contributed by atoms with Gasteiger partial charge in [-0.15, -0.1) is 0 Å². The highest BCUT2D eigenvalue weighted by Crippen LogP contribution is 2.34. The molecule has 1 aliphatic carbocycles. The molecular weight excluding hydrogens is 514 g/mol. The molecular formula is C30H31N3O7. The Hall–Kier alpha value is -4.73.